The van der Waals surface area contributed by atoms with Crippen molar-refractivity contribution in [3.63, 3.8) is 0 Å². The molecule has 0 amide bonds. The van der Waals surface area contributed by atoms with Gasteiger partial charge in [0.05, 0.1) is 16.8 Å². The Bertz CT molecular complexity index is 514. The van der Waals surface area contributed by atoms with Gasteiger partial charge in [0, 0.05) is 6.20 Å². The summed E-state index contributed by atoms with van der Waals surface area (Å²) < 4.78 is 1.79. The first-order valence-electron chi connectivity index (χ1n) is 4.28. The maximum atomic E-state index is 10.7. The van der Waals surface area contributed by atoms with Gasteiger partial charge in [-0.15, -0.1) is 0 Å². The fourth-order valence-electron chi connectivity index (χ4n) is 1.54. The lowest BCUT2D eigenvalue weighted by Crippen LogP contribution is -1.99. The van der Waals surface area contributed by atoms with E-state index in [1.54, 1.807) is 22.7 Å². The molecule has 2 heterocycles. The first kappa shape index (κ1) is 8.74. The van der Waals surface area contributed by atoms with Crippen molar-refractivity contribution < 1.29 is 9.90 Å². The Kier molecular flexibility index (Phi) is 1.77. The van der Waals surface area contributed by atoms with E-state index >= 15 is 0 Å². The highest BCUT2D eigenvalue weighted by Gasteiger charge is 2.07. The number of hydrogen-bond donors (Lipinski definition) is 1. The molecule has 0 saturated heterocycles. The Hall–Kier alpha value is -1.84. The lowest BCUT2D eigenvalue weighted by atomic mass is 10.2. The Balaban J connectivity index is 2.77. The molecule has 4 heteroatoms. The zero-order chi connectivity index (χ0) is 10.3. The van der Waals surface area contributed by atoms with E-state index in [0.717, 1.165) is 17.0 Å². The number of rotatable bonds is 1. The van der Waals surface area contributed by atoms with Crippen LogP contribution < -0.4 is 0 Å². The van der Waals surface area contributed by atoms with Crippen LogP contribution in [0.25, 0.3) is 5.52 Å². The largest absolute Gasteiger partial charge is 0.478 e. The van der Waals surface area contributed by atoms with E-state index in [2.05, 4.69) is 4.98 Å². The van der Waals surface area contributed by atoms with Crippen LogP contribution in [0.2, 0.25) is 0 Å². The van der Waals surface area contributed by atoms with E-state index in [9.17, 15) is 4.79 Å². The Morgan fingerprint density at radius 1 is 1.43 bits per heavy atom. The van der Waals surface area contributed by atoms with Crippen molar-refractivity contribution >= 4 is 11.5 Å². The minimum absolute atomic E-state index is 0.276. The van der Waals surface area contributed by atoms with Crippen molar-refractivity contribution in [3.05, 3.63) is 35.4 Å². The number of hydrogen-bond acceptors (Lipinski definition) is 2. The van der Waals surface area contributed by atoms with Gasteiger partial charge in [0.25, 0.3) is 0 Å². The third-order valence-electron chi connectivity index (χ3n) is 2.24. The summed E-state index contributed by atoms with van der Waals surface area (Å²) in [5.74, 6) is -0.113. The second-order valence-electron chi connectivity index (χ2n) is 3.22. The van der Waals surface area contributed by atoms with Crippen molar-refractivity contribution in [1.82, 2.24) is 9.38 Å². The molecule has 72 valence electrons. The zero-order valence-corrected chi connectivity index (χ0v) is 7.98. The molecule has 0 aliphatic heterocycles. The molecule has 0 spiro atoms. The van der Waals surface area contributed by atoms with Crippen LogP contribution in [-0.2, 0) is 0 Å². The van der Waals surface area contributed by atoms with E-state index in [4.69, 9.17) is 5.11 Å². The Morgan fingerprint density at radius 3 is 2.79 bits per heavy atom. The summed E-state index contributed by atoms with van der Waals surface area (Å²) in [5, 5.41) is 8.81. The van der Waals surface area contributed by atoms with Gasteiger partial charge in [-0.25, -0.2) is 9.78 Å². The number of aromatic nitrogens is 2. The molecule has 0 atom stereocenters. The predicted molar refractivity (Wildman–Crippen MR) is 51.6 cm³/mol. The molecule has 0 bridgehead atoms. The lowest BCUT2D eigenvalue weighted by Gasteiger charge is -1.98. The van der Waals surface area contributed by atoms with Crippen molar-refractivity contribution in [3.8, 4) is 0 Å². The number of aromatic carboxylic acids is 1. The van der Waals surface area contributed by atoms with Gasteiger partial charge in [-0.05, 0) is 26.0 Å². The Labute approximate surface area is 80.8 Å². The Morgan fingerprint density at radius 2 is 2.14 bits per heavy atom. The van der Waals surface area contributed by atoms with Gasteiger partial charge in [0.15, 0.2) is 0 Å². The molecule has 1 N–H and O–H groups in total. The number of carboxylic acid groups (broad SMARTS) is 1. The van der Waals surface area contributed by atoms with Gasteiger partial charge < -0.3 is 9.51 Å². The van der Waals surface area contributed by atoms with Gasteiger partial charge >= 0.3 is 5.97 Å². The summed E-state index contributed by atoms with van der Waals surface area (Å²) in [4.78, 5) is 15.0. The molecule has 0 unspecified atom stereocenters. The average Bonchev–Trinajstić information content (AvgIpc) is 2.42. The fraction of sp³-hybridized carbons (Fsp3) is 0.200. The summed E-state index contributed by atoms with van der Waals surface area (Å²) in [5.41, 5.74) is 2.14. The van der Waals surface area contributed by atoms with Gasteiger partial charge in [0.2, 0.25) is 0 Å². The monoisotopic (exact) mass is 190 g/mol. The van der Waals surface area contributed by atoms with Gasteiger partial charge in [-0.3, -0.25) is 0 Å². The normalized spacial score (nSPS) is 10.7. The fourth-order valence-corrected chi connectivity index (χ4v) is 1.54. The van der Waals surface area contributed by atoms with Gasteiger partial charge in [0.1, 0.15) is 5.82 Å². The van der Waals surface area contributed by atoms with Gasteiger partial charge in [-0.1, -0.05) is 0 Å². The number of pyridine rings is 1. The smallest absolute Gasteiger partial charge is 0.337 e. The standard InChI is InChI=1S/C10H10N2O2/c1-6-9-4-3-8(10(13)14)5-12(9)7(2)11-6/h3-5H,1-2H3,(H,13,14). The minimum Gasteiger partial charge on any atom is -0.478 e. The molecule has 0 radical (unpaired) electrons. The lowest BCUT2D eigenvalue weighted by molar-refractivity contribution is 0.0696. The zero-order valence-electron chi connectivity index (χ0n) is 7.98. The SMILES string of the molecule is Cc1nc(C)n2cc(C(=O)O)ccc12. The summed E-state index contributed by atoms with van der Waals surface area (Å²) in [6, 6.07) is 3.37. The van der Waals surface area contributed by atoms with E-state index in [1.165, 1.54) is 0 Å². The van der Waals surface area contributed by atoms with Crippen molar-refractivity contribution in [2.45, 2.75) is 13.8 Å². The summed E-state index contributed by atoms with van der Waals surface area (Å²) in [7, 11) is 0. The maximum absolute atomic E-state index is 10.7. The number of nitrogens with zero attached hydrogens (tertiary/aromatic N) is 2. The molecular weight excluding hydrogens is 180 g/mol. The molecule has 14 heavy (non-hydrogen) atoms. The quantitative estimate of drug-likeness (QED) is 0.743. The van der Waals surface area contributed by atoms with Crippen LogP contribution in [-0.4, -0.2) is 20.5 Å². The van der Waals surface area contributed by atoms with E-state index in [1.807, 2.05) is 13.8 Å². The summed E-state index contributed by atoms with van der Waals surface area (Å²) in [6.07, 6.45) is 1.59. The maximum Gasteiger partial charge on any atom is 0.337 e. The van der Waals surface area contributed by atoms with E-state index < -0.39 is 5.97 Å². The first-order valence-corrected chi connectivity index (χ1v) is 4.28. The van der Waals surface area contributed by atoms with Crippen LogP contribution in [0, 0.1) is 13.8 Å². The molecule has 0 aliphatic carbocycles. The van der Waals surface area contributed by atoms with Crippen LogP contribution in [0.15, 0.2) is 18.3 Å². The molecule has 0 saturated carbocycles. The molecule has 0 aromatic carbocycles. The molecule has 0 fully saturated rings. The average molecular weight is 190 g/mol. The third-order valence-corrected chi connectivity index (χ3v) is 2.24. The van der Waals surface area contributed by atoms with Crippen molar-refractivity contribution in [2.75, 3.05) is 0 Å². The van der Waals surface area contributed by atoms with Crippen LogP contribution in [0.3, 0.4) is 0 Å². The predicted octanol–water partition coefficient (Wildman–Crippen LogP) is 1.65. The molecule has 2 aromatic heterocycles. The van der Waals surface area contributed by atoms with Crippen LogP contribution in [0.5, 0.6) is 0 Å². The number of aryl methyl sites for hydroxylation is 2. The van der Waals surface area contributed by atoms with Gasteiger partial charge in [-0.2, -0.15) is 0 Å². The van der Waals surface area contributed by atoms with Crippen LogP contribution in [0.4, 0.5) is 0 Å². The second kappa shape index (κ2) is 2.83. The number of fused-ring (bicyclic) bond motifs is 1. The number of imidazole rings is 1. The highest BCUT2D eigenvalue weighted by Crippen LogP contribution is 2.13. The second-order valence-corrected chi connectivity index (χ2v) is 3.22. The number of carbonyl (C=O) groups is 1. The van der Waals surface area contributed by atoms with Crippen LogP contribution in [0.1, 0.15) is 21.9 Å². The number of carboxylic acids is 1. The van der Waals surface area contributed by atoms with Crippen molar-refractivity contribution in [2.24, 2.45) is 0 Å². The highest BCUT2D eigenvalue weighted by molar-refractivity contribution is 5.87. The molecular formula is C10H10N2O2. The minimum atomic E-state index is -0.919. The first-order chi connectivity index (χ1) is 6.59. The van der Waals surface area contributed by atoms with Crippen LogP contribution >= 0.6 is 0 Å². The highest BCUT2D eigenvalue weighted by atomic mass is 16.4. The van der Waals surface area contributed by atoms with E-state index in [-0.39, 0.29) is 5.56 Å². The molecule has 2 rings (SSSR count). The molecule has 0 aliphatic rings. The topological polar surface area (TPSA) is 54.6 Å². The summed E-state index contributed by atoms with van der Waals surface area (Å²) >= 11 is 0. The van der Waals surface area contributed by atoms with Crippen molar-refractivity contribution in [1.29, 1.82) is 0 Å². The molecule has 4 nitrogen and oxygen atoms in total. The third kappa shape index (κ3) is 1.16. The van der Waals surface area contributed by atoms with E-state index in [0.29, 0.717) is 0 Å². The summed E-state index contributed by atoms with van der Waals surface area (Å²) in [6.45, 7) is 3.76. The molecule has 2 aromatic rings.